The van der Waals surface area contributed by atoms with E-state index in [4.69, 9.17) is 5.73 Å². The van der Waals surface area contributed by atoms with Crippen LogP contribution in [0, 0.1) is 0 Å². The van der Waals surface area contributed by atoms with Gasteiger partial charge in [-0.05, 0) is 18.9 Å². The molecule has 0 heterocycles. The molecule has 0 aromatic carbocycles. The van der Waals surface area contributed by atoms with Crippen LogP contribution in [0.5, 0.6) is 0 Å². The van der Waals surface area contributed by atoms with Gasteiger partial charge >= 0.3 is 0 Å². The molecule has 70 valence electrons. The molecule has 4 nitrogen and oxygen atoms in total. The van der Waals surface area contributed by atoms with E-state index in [0.717, 1.165) is 5.70 Å². The van der Waals surface area contributed by atoms with Crippen molar-refractivity contribution in [1.29, 1.82) is 0 Å². The molecule has 2 amide bonds. The van der Waals surface area contributed by atoms with Crippen LogP contribution in [0.25, 0.3) is 0 Å². The number of nitrogens with two attached hydrogens (primary N) is 1. The second-order valence-corrected chi connectivity index (χ2v) is 2.93. The number of carbonyl (C=O) groups is 2. The van der Waals surface area contributed by atoms with Crippen molar-refractivity contribution in [3.63, 3.8) is 0 Å². The molecule has 0 radical (unpaired) electrons. The lowest BCUT2D eigenvalue weighted by Crippen LogP contribution is -2.22. The number of rotatable bonds is 2. The van der Waals surface area contributed by atoms with Gasteiger partial charge in [0, 0.05) is 18.2 Å². The van der Waals surface area contributed by atoms with E-state index in [1.165, 1.54) is 6.92 Å². The summed E-state index contributed by atoms with van der Waals surface area (Å²) in [5.41, 5.74) is 6.53. The molecule has 0 aromatic rings. The monoisotopic (exact) mass is 180 g/mol. The molecule has 0 unspecified atom stereocenters. The Morgan fingerprint density at radius 1 is 1.38 bits per heavy atom. The zero-order valence-electron chi connectivity index (χ0n) is 7.46. The van der Waals surface area contributed by atoms with Crippen LogP contribution in [0.4, 0.5) is 0 Å². The van der Waals surface area contributed by atoms with Gasteiger partial charge in [0.25, 0.3) is 0 Å². The van der Waals surface area contributed by atoms with Gasteiger partial charge in [-0.15, -0.1) is 0 Å². The summed E-state index contributed by atoms with van der Waals surface area (Å²) >= 11 is 0. The van der Waals surface area contributed by atoms with Crippen molar-refractivity contribution in [2.45, 2.75) is 19.8 Å². The Hall–Kier alpha value is -1.58. The highest BCUT2D eigenvalue weighted by molar-refractivity contribution is 5.92. The first-order valence-electron chi connectivity index (χ1n) is 4.06. The molecule has 4 heteroatoms. The van der Waals surface area contributed by atoms with Crippen LogP contribution < -0.4 is 11.1 Å². The number of allylic oxidation sites excluding steroid dienone is 3. The van der Waals surface area contributed by atoms with Gasteiger partial charge < -0.3 is 11.1 Å². The number of hydrogen-bond acceptors (Lipinski definition) is 2. The van der Waals surface area contributed by atoms with Gasteiger partial charge in [-0.1, -0.05) is 6.08 Å². The van der Waals surface area contributed by atoms with Gasteiger partial charge in [0.15, 0.2) is 0 Å². The average molecular weight is 180 g/mol. The summed E-state index contributed by atoms with van der Waals surface area (Å²) in [7, 11) is 0. The number of carbonyl (C=O) groups excluding carboxylic acids is 2. The SMILES string of the molecule is CC(=O)NC1=CC=C(C(N)=O)CC1. The van der Waals surface area contributed by atoms with Crippen molar-refractivity contribution in [3.8, 4) is 0 Å². The Morgan fingerprint density at radius 3 is 2.46 bits per heavy atom. The zero-order chi connectivity index (χ0) is 9.84. The fraction of sp³-hybridized carbons (Fsp3) is 0.333. The normalized spacial score (nSPS) is 15.8. The first kappa shape index (κ1) is 9.51. The molecule has 0 atom stereocenters. The van der Waals surface area contributed by atoms with Crippen molar-refractivity contribution >= 4 is 11.8 Å². The number of amides is 2. The van der Waals surface area contributed by atoms with Gasteiger partial charge in [-0.25, -0.2) is 0 Å². The van der Waals surface area contributed by atoms with Crippen molar-refractivity contribution in [3.05, 3.63) is 23.4 Å². The highest BCUT2D eigenvalue weighted by Crippen LogP contribution is 2.15. The first-order valence-corrected chi connectivity index (χ1v) is 4.06. The molecule has 0 aliphatic heterocycles. The average Bonchev–Trinajstić information content (AvgIpc) is 2.04. The van der Waals surface area contributed by atoms with E-state index >= 15 is 0 Å². The topological polar surface area (TPSA) is 72.2 Å². The molecular weight excluding hydrogens is 168 g/mol. The molecule has 0 aromatic heterocycles. The highest BCUT2D eigenvalue weighted by atomic mass is 16.1. The number of hydrogen-bond donors (Lipinski definition) is 2. The van der Waals surface area contributed by atoms with Gasteiger partial charge in [-0.2, -0.15) is 0 Å². The minimum atomic E-state index is -0.391. The fourth-order valence-corrected chi connectivity index (χ4v) is 1.17. The van der Waals surface area contributed by atoms with E-state index in [1.807, 2.05) is 0 Å². The van der Waals surface area contributed by atoms with E-state index in [0.29, 0.717) is 18.4 Å². The lowest BCUT2D eigenvalue weighted by molar-refractivity contribution is -0.118. The molecule has 1 rings (SSSR count). The molecule has 0 spiro atoms. The van der Waals surface area contributed by atoms with Gasteiger partial charge in [0.05, 0.1) is 0 Å². The maximum Gasteiger partial charge on any atom is 0.244 e. The molecule has 0 bridgehead atoms. The van der Waals surface area contributed by atoms with Crippen molar-refractivity contribution in [1.82, 2.24) is 5.32 Å². The molecule has 1 aliphatic carbocycles. The quantitative estimate of drug-likeness (QED) is 0.637. The Balaban J connectivity index is 2.65. The van der Waals surface area contributed by atoms with Crippen LogP contribution in [0.3, 0.4) is 0 Å². The van der Waals surface area contributed by atoms with Crippen LogP contribution in [0.15, 0.2) is 23.4 Å². The highest BCUT2D eigenvalue weighted by Gasteiger charge is 2.10. The standard InChI is InChI=1S/C9H12N2O2/c1-6(12)11-8-4-2-7(3-5-8)9(10)13/h2,4H,3,5H2,1H3,(H2,10,13)(H,11,12). The summed E-state index contributed by atoms with van der Waals surface area (Å²) in [5.74, 6) is -0.486. The summed E-state index contributed by atoms with van der Waals surface area (Å²) in [6.45, 7) is 1.45. The molecule has 3 N–H and O–H groups in total. The summed E-state index contributed by atoms with van der Waals surface area (Å²) < 4.78 is 0. The third-order valence-electron chi connectivity index (χ3n) is 1.80. The third-order valence-corrected chi connectivity index (χ3v) is 1.80. The third kappa shape index (κ3) is 2.74. The lowest BCUT2D eigenvalue weighted by Gasteiger charge is -2.12. The maximum atomic E-state index is 10.7. The van der Waals surface area contributed by atoms with Gasteiger partial charge in [0.1, 0.15) is 0 Å². The Labute approximate surface area is 76.5 Å². The fourth-order valence-electron chi connectivity index (χ4n) is 1.17. The first-order chi connectivity index (χ1) is 6.09. The minimum Gasteiger partial charge on any atom is -0.366 e. The van der Waals surface area contributed by atoms with Crippen LogP contribution in [0.2, 0.25) is 0 Å². The van der Waals surface area contributed by atoms with Gasteiger partial charge in [0.2, 0.25) is 11.8 Å². The van der Waals surface area contributed by atoms with E-state index < -0.39 is 5.91 Å². The van der Waals surface area contributed by atoms with Gasteiger partial charge in [-0.3, -0.25) is 9.59 Å². The van der Waals surface area contributed by atoms with Crippen LogP contribution >= 0.6 is 0 Å². The molecule has 0 saturated heterocycles. The van der Waals surface area contributed by atoms with E-state index in [2.05, 4.69) is 5.32 Å². The Kier molecular flexibility index (Phi) is 2.84. The summed E-state index contributed by atoms with van der Waals surface area (Å²) in [6.07, 6.45) is 4.62. The zero-order valence-corrected chi connectivity index (χ0v) is 7.46. The Bertz CT molecular complexity index is 303. The predicted molar refractivity (Wildman–Crippen MR) is 48.4 cm³/mol. The second-order valence-electron chi connectivity index (χ2n) is 2.93. The Morgan fingerprint density at radius 2 is 2.08 bits per heavy atom. The van der Waals surface area contributed by atoms with Crippen molar-refractivity contribution in [2.75, 3.05) is 0 Å². The smallest absolute Gasteiger partial charge is 0.244 e. The lowest BCUT2D eigenvalue weighted by atomic mass is 10.0. The van der Waals surface area contributed by atoms with Crippen molar-refractivity contribution in [2.24, 2.45) is 5.73 Å². The van der Waals surface area contributed by atoms with E-state index in [1.54, 1.807) is 12.2 Å². The van der Waals surface area contributed by atoms with Crippen LogP contribution in [-0.2, 0) is 9.59 Å². The van der Waals surface area contributed by atoms with Crippen molar-refractivity contribution < 1.29 is 9.59 Å². The summed E-state index contributed by atoms with van der Waals surface area (Å²) in [4.78, 5) is 21.4. The molecule has 13 heavy (non-hydrogen) atoms. The van der Waals surface area contributed by atoms with Crippen LogP contribution in [-0.4, -0.2) is 11.8 Å². The number of nitrogens with one attached hydrogen (secondary N) is 1. The largest absolute Gasteiger partial charge is 0.366 e. The molecule has 1 aliphatic rings. The van der Waals surface area contributed by atoms with E-state index in [9.17, 15) is 9.59 Å². The minimum absolute atomic E-state index is 0.0952. The van der Waals surface area contributed by atoms with E-state index in [-0.39, 0.29) is 5.91 Å². The summed E-state index contributed by atoms with van der Waals surface area (Å²) in [6, 6.07) is 0. The summed E-state index contributed by atoms with van der Waals surface area (Å²) in [5, 5.41) is 2.67. The second kappa shape index (κ2) is 3.89. The predicted octanol–water partition coefficient (Wildman–Crippen LogP) is 0.212. The molecular formula is C9H12N2O2. The molecule has 0 saturated carbocycles. The van der Waals surface area contributed by atoms with Crippen LogP contribution in [0.1, 0.15) is 19.8 Å². The molecule has 0 fully saturated rings. The number of primary amides is 1. The maximum absolute atomic E-state index is 10.7.